The van der Waals surface area contributed by atoms with E-state index in [0.29, 0.717) is 46.7 Å². The van der Waals surface area contributed by atoms with Gasteiger partial charge in [-0.1, -0.05) is 30.4 Å². The molecule has 2 amide bonds. The molecule has 0 aliphatic heterocycles. The van der Waals surface area contributed by atoms with Crippen molar-refractivity contribution < 1.29 is 19.1 Å². The van der Waals surface area contributed by atoms with Crippen molar-refractivity contribution >= 4 is 34.0 Å². The average molecular weight is 441 g/mol. The van der Waals surface area contributed by atoms with Crippen LogP contribution in [0.25, 0.3) is 0 Å². The molecule has 2 aromatic carbocycles. The van der Waals surface area contributed by atoms with Crippen LogP contribution in [0.1, 0.15) is 46.5 Å². The average Bonchev–Trinajstić information content (AvgIpc) is 3.23. The molecule has 3 rings (SSSR count). The van der Waals surface area contributed by atoms with Gasteiger partial charge in [-0.3, -0.25) is 14.9 Å². The molecule has 162 valence electrons. The number of aromatic nitrogens is 2. The summed E-state index contributed by atoms with van der Waals surface area (Å²) in [5.41, 5.74) is 1.09. The maximum atomic E-state index is 12.9. The van der Waals surface area contributed by atoms with E-state index in [1.165, 1.54) is 11.3 Å². The zero-order valence-corrected chi connectivity index (χ0v) is 18.4. The third-order valence-electron chi connectivity index (χ3n) is 4.22. The van der Waals surface area contributed by atoms with E-state index in [-0.39, 0.29) is 11.8 Å². The standard InChI is InChI=1S/C22H24N4O4S/c1-4-19-25-26-22(31-19)24-21(28)15-9-7-8-10-16(15)23-20(27)14-11-12-17(29-5-2)18(13-14)30-6-3/h7-13H,4-6H2,1-3H3,(H,23,27)(H,24,26,28). The molecule has 0 radical (unpaired) electrons. The molecule has 0 unspecified atom stereocenters. The first-order valence-corrected chi connectivity index (χ1v) is 10.8. The molecule has 0 aliphatic rings. The fraction of sp³-hybridized carbons (Fsp3) is 0.273. The van der Waals surface area contributed by atoms with E-state index in [0.717, 1.165) is 11.4 Å². The van der Waals surface area contributed by atoms with Gasteiger partial charge in [-0.05, 0) is 50.6 Å². The number of nitrogens with zero attached hydrogens (tertiary/aromatic N) is 2. The van der Waals surface area contributed by atoms with Crippen LogP contribution < -0.4 is 20.1 Å². The van der Waals surface area contributed by atoms with Crippen molar-refractivity contribution in [1.29, 1.82) is 0 Å². The molecule has 0 saturated carbocycles. The Hall–Kier alpha value is -3.46. The Balaban J connectivity index is 1.79. The van der Waals surface area contributed by atoms with E-state index < -0.39 is 0 Å². The highest BCUT2D eigenvalue weighted by atomic mass is 32.1. The highest BCUT2D eigenvalue weighted by Crippen LogP contribution is 2.29. The summed E-state index contributed by atoms with van der Waals surface area (Å²) in [6, 6.07) is 11.8. The van der Waals surface area contributed by atoms with Gasteiger partial charge in [0.2, 0.25) is 5.13 Å². The maximum absolute atomic E-state index is 12.9. The van der Waals surface area contributed by atoms with Crippen LogP contribution in [0.15, 0.2) is 42.5 Å². The summed E-state index contributed by atoms with van der Waals surface area (Å²) >= 11 is 1.32. The molecule has 3 aromatic rings. The predicted molar refractivity (Wildman–Crippen MR) is 120 cm³/mol. The van der Waals surface area contributed by atoms with E-state index in [1.807, 2.05) is 20.8 Å². The molecule has 9 heteroatoms. The first-order chi connectivity index (χ1) is 15.0. The zero-order chi connectivity index (χ0) is 22.2. The summed E-state index contributed by atoms with van der Waals surface area (Å²) in [5.74, 6) is 0.319. The molecular formula is C22H24N4O4S. The minimum Gasteiger partial charge on any atom is -0.490 e. The molecule has 0 bridgehead atoms. The number of anilines is 2. The topological polar surface area (TPSA) is 102 Å². The fourth-order valence-electron chi connectivity index (χ4n) is 2.79. The van der Waals surface area contributed by atoms with Gasteiger partial charge in [-0.2, -0.15) is 0 Å². The van der Waals surface area contributed by atoms with Gasteiger partial charge in [0.25, 0.3) is 11.8 Å². The number of amides is 2. The van der Waals surface area contributed by atoms with Crippen LogP contribution in [0, 0.1) is 0 Å². The molecular weight excluding hydrogens is 416 g/mol. The number of ether oxygens (including phenoxy) is 2. The first kappa shape index (κ1) is 22.2. The maximum Gasteiger partial charge on any atom is 0.259 e. The second-order valence-corrected chi connectivity index (χ2v) is 7.40. The first-order valence-electron chi connectivity index (χ1n) is 9.99. The van der Waals surface area contributed by atoms with Crippen LogP contribution in [0.4, 0.5) is 10.8 Å². The van der Waals surface area contributed by atoms with Gasteiger partial charge in [-0.15, -0.1) is 10.2 Å². The van der Waals surface area contributed by atoms with Gasteiger partial charge < -0.3 is 14.8 Å². The third-order valence-corrected chi connectivity index (χ3v) is 5.20. The van der Waals surface area contributed by atoms with Gasteiger partial charge >= 0.3 is 0 Å². The molecule has 0 fully saturated rings. The Kier molecular flexibility index (Phi) is 7.55. The lowest BCUT2D eigenvalue weighted by molar-refractivity contribution is 0.102. The van der Waals surface area contributed by atoms with Crippen molar-refractivity contribution in [2.24, 2.45) is 0 Å². The Labute approximate surface area is 184 Å². The molecule has 1 heterocycles. The third kappa shape index (κ3) is 5.58. The van der Waals surface area contributed by atoms with Gasteiger partial charge in [-0.25, -0.2) is 0 Å². The van der Waals surface area contributed by atoms with Gasteiger partial charge in [0.1, 0.15) is 5.01 Å². The van der Waals surface area contributed by atoms with Crippen LogP contribution >= 0.6 is 11.3 Å². The minimum atomic E-state index is -0.378. The van der Waals surface area contributed by atoms with Gasteiger partial charge in [0.05, 0.1) is 24.5 Å². The number of benzene rings is 2. The molecule has 0 atom stereocenters. The smallest absolute Gasteiger partial charge is 0.259 e. The Morgan fingerprint density at radius 1 is 0.903 bits per heavy atom. The minimum absolute atomic E-state index is 0.320. The van der Waals surface area contributed by atoms with Crippen LogP contribution in [0.5, 0.6) is 11.5 Å². The number of para-hydroxylation sites is 1. The van der Waals surface area contributed by atoms with Crippen LogP contribution in [0.2, 0.25) is 0 Å². The summed E-state index contributed by atoms with van der Waals surface area (Å²) in [6.45, 7) is 6.64. The van der Waals surface area contributed by atoms with E-state index in [4.69, 9.17) is 9.47 Å². The Bertz CT molecular complexity index is 1070. The largest absolute Gasteiger partial charge is 0.490 e. The Morgan fingerprint density at radius 3 is 2.35 bits per heavy atom. The second-order valence-electron chi connectivity index (χ2n) is 6.34. The molecule has 1 aromatic heterocycles. The number of aryl methyl sites for hydroxylation is 1. The highest BCUT2D eigenvalue weighted by molar-refractivity contribution is 7.15. The van der Waals surface area contributed by atoms with E-state index >= 15 is 0 Å². The molecule has 8 nitrogen and oxygen atoms in total. The molecule has 0 saturated heterocycles. The summed E-state index contributed by atoms with van der Waals surface area (Å²) < 4.78 is 11.1. The van der Waals surface area contributed by atoms with Crippen molar-refractivity contribution in [2.45, 2.75) is 27.2 Å². The molecule has 0 aliphatic carbocycles. The quantitative estimate of drug-likeness (QED) is 0.511. The number of carbonyl (C=O) groups excluding carboxylic acids is 2. The summed E-state index contributed by atoms with van der Waals surface area (Å²) in [5, 5.41) is 14.7. The van der Waals surface area contributed by atoms with Crippen LogP contribution in [-0.4, -0.2) is 35.2 Å². The molecule has 2 N–H and O–H groups in total. The number of carbonyl (C=O) groups is 2. The van der Waals surface area contributed by atoms with Gasteiger partial charge in [0.15, 0.2) is 11.5 Å². The highest BCUT2D eigenvalue weighted by Gasteiger charge is 2.17. The van der Waals surface area contributed by atoms with Crippen molar-refractivity contribution in [3.8, 4) is 11.5 Å². The summed E-state index contributed by atoms with van der Waals surface area (Å²) in [6.07, 6.45) is 0.742. The lowest BCUT2D eigenvalue weighted by Crippen LogP contribution is -2.18. The number of hydrogen-bond acceptors (Lipinski definition) is 7. The van der Waals surface area contributed by atoms with Crippen LogP contribution in [0.3, 0.4) is 0 Å². The SMILES string of the molecule is CCOc1ccc(C(=O)Nc2ccccc2C(=O)Nc2nnc(CC)s2)cc1OCC. The number of nitrogens with one attached hydrogen (secondary N) is 2. The van der Waals surface area contributed by atoms with Crippen molar-refractivity contribution in [3.63, 3.8) is 0 Å². The summed E-state index contributed by atoms with van der Waals surface area (Å²) in [7, 11) is 0. The van der Waals surface area contributed by atoms with Crippen LogP contribution in [-0.2, 0) is 6.42 Å². The monoisotopic (exact) mass is 440 g/mol. The van der Waals surface area contributed by atoms with Crippen molar-refractivity contribution in [2.75, 3.05) is 23.8 Å². The van der Waals surface area contributed by atoms with Crippen molar-refractivity contribution in [3.05, 3.63) is 58.6 Å². The molecule has 31 heavy (non-hydrogen) atoms. The predicted octanol–water partition coefficient (Wildman–Crippen LogP) is 4.40. The number of hydrogen-bond donors (Lipinski definition) is 2. The van der Waals surface area contributed by atoms with E-state index in [9.17, 15) is 9.59 Å². The van der Waals surface area contributed by atoms with Crippen molar-refractivity contribution in [1.82, 2.24) is 10.2 Å². The lowest BCUT2D eigenvalue weighted by Gasteiger charge is -2.13. The fourth-order valence-corrected chi connectivity index (χ4v) is 3.46. The van der Waals surface area contributed by atoms with E-state index in [1.54, 1.807) is 42.5 Å². The normalized spacial score (nSPS) is 10.4. The second kappa shape index (κ2) is 10.5. The van der Waals surface area contributed by atoms with E-state index in [2.05, 4.69) is 20.8 Å². The lowest BCUT2D eigenvalue weighted by atomic mass is 10.1. The zero-order valence-electron chi connectivity index (χ0n) is 17.6. The Morgan fingerprint density at radius 2 is 1.65 bits per heavy atom. The molecule has 0 spiro atoms. The van der Waals surface area contributed by atoms with Gasteiger partial charge in [0, 0.05) is 5.56 Å². The summed E-state index contributed by atoms with van der Waals surface area (Å²) in [4.78, 5) is 25.6. The number of rotatable bonds is 9.